The molecule has 0 radical (unpaired) electrons. The molecule has 0 atom stereocenters. The Morgan fingerprint density at radius 3 is 2.56 bits per heavy atom. The van der Waals surface area contributed by atoms with Crippen LogP contribution in [0.3, 0.4) is 0 Å². The van der Waals surface area contributed by atoms with Gasteiger partial charge in [-0.15, -0.1) is 0 Å². The van der Waals surface area contributed by atoms with Crippen molar-refractivity contribution < 1.29 is 0 Å². The zero-order chi connectivity index (χ0) is 22.2. The summed E-state index contributed by atoms with van der Waals surface area (Å²) in [4.78, 5) is 35.3. The number of hydrogen-bond acceptors (Lipinski definition) is 5. The molecule has 1 aromatic carbocycles. The van der Waals surface area contributed by atoms with Crippen molar-refractivity contribution in [1.29, 1.82) is 0 Å². The van der Waals surface area contributed by atoms with Crippen molar-refractivity contribution >= 4 is 51.5 Å². The topological polar surface area (TPSA) is 69.3 Å². The lowest BCUT2D eigenvalue weighted by atomic mass is 9.95. The van der Waals surface area contributed by atoms with Crippen LogP contribution in [0.2, 0.25) is 10.0 Å². The molecule has 0 spiro atoms. The van der Waals surface area contributed by atoms with Crippen LogP contribution in [0.5, 0.6) is 0 Å². The Kier molecular flexibility index (Phi) is 5.97. The summed E-state index contributed by atoms with van der Waals surface area (Å²) in [5.41, 5.74) is 1.50. The van der Waals surface area contributed by atoms with Crippen LogP contribution < -0.4 is 11.1 Å². The quantitative estimate of drug-likeness (QED) is 0.281. The number of fused-ring (bicyclic) bond motifs is 2. The fourth-order valence-electron chi connectivity index (χ4n) is 4.25. The molecule has 1 aliphatic rings. The summed E-state index contributed by atoms with van der Waals surface area (Å²) in [6.07, 6.45) is 6.88. The van der Waals surface area contributed by atoms with Gasteiger partial charge in [0.2, 0.25) is 0 Å². The van der Waals surface area contributed by atoms with Gasteiger partial charge in [0.25, 0.3) is 11.1 Å². The molecule has 6 nitrogen and oxygen atoms in total. The third kappa shape index (κ3) is 4.17. The SMILES string of the molecule is O=c1c2ccc(Cl)cc2nc(SCc2cc(=O)n3cc(Cl)ccc3n2)n1C1CCCCC1. The van der Waals surface area contributed by atoms with Gasteiger partial charge in [-0.25, -0.2) is 9.97 Å². The number of aromatic nitrogens is 4. The van der Waals surface area contributed by atoms with Gasteiger partial charge in [-0.3, -0.25) is 18.6 Å². The highest BCUT2D eigenvalue weighted by molar-refractivity contribution is 7.98. The molecule has 1 fully saturated rings. The molecular weight excluding hydrogens is 467 g/mol. The molecule has 0 amide bonds. The van der Waals surface area contributed by atoms with Crippen molar-refractivity contribution in [3.63, 3.8) is 0 Å². The number of pyridine rings is 1. The van der Waals surface area contributed by atoms with Crippen LogP contribution in [-0.2, 0) is 5.75 Å². The predicted molar refractivity (Wildman–Crippen MR) is 129 cm³/mol. The molecule has 164 valence electrons. The summed E-state index contributed by atoms with van der Waals surface area (Å²) in [5.74, 6) is 0.416. The Bertz CT molecular complexity index is 1440. The van der Waals surface area contributed by atoms with E-state index in [1.807, 2.05) is 4.57 Å². The van der Waals surface area contributed by atoms with Crippen molar-refractivity contribution in [3.05, 3.63) is 79.0 Å². The molecule has 5 rings (SSSR count). The normalized spacial score (nSPS) is 14.9. The van der Waals surface area contributed by atoms with Gasteiger partial charge in [0.1, 0.15) is 5.65 Å². The smallest absolute Gasteiger partial charge is 0.262 e. The maximum Gasteiger partial charge on any atom is 0.262 e. The second-order valence-electron chi connectivity index (χ2n) is 7.97. The molecule has 1 aliphatic carbocycles. The van der Waals surface area contributed by atoms with Crippen molar-refractivity contribution in [1.82, 2.24) is 18.9 Å². The molecule has 9 heteroatoms. The van der Waals surface area contributed by atoms with Gasteiger partial charge >= 0.3 is 0 Å². The van der Waals surface area contributed by atoms with Gasteiger partial charge in [-0.05, 0) is 43.2 Å². The highest BCUT2D eigenvalue weighted by atomic mass is 35.5. The van der Waals surface area contributed by atoms with E-state index in [-0.39, 0.29) is 17.2 Å². The van der Waals surface area contributed by atoms with E-state index in [2.05, 4.69) is 4.98 Å². The van der Waals surface area contributed by atoms with Gasteiger partial charge in [0.15, 0.2) is 5.16 Å². The Morgan fingerprint density at radius 2 is 1.75 bits per heavy atom. The largest absolute Gasteiger partial charge is 0.284 e. The highest BCUT2D eigenvalue weighted by Gasteiger charge is 2.22. The van der Waals surface area contributed by atoms with Crippen molar-refractivity contribution in [2.45, 2.75) is 49.1 Å². The fourth-order valence-corrected chi connectivity index (χ4v) is 5.54. The number of benzene rings is 1. The zero-order valence-corrected chi connectivity index (χ0v) is 19.5. The molecule has 32 heavy (non-hydrogen) atoms. The first-order chi connectivity index (χ1) is 15.5. The van der Waals surface area contributed by atoms with Gasteiger partial charge in [-0.1, -0.05) is 54.2 Å². The van der Waals surface area contributed by atoms with Crippen LogP contribution in [-0.4, -0.2) is 18.9 Å². The Morgan fingerprint density at radius 1 is 0.969 bits per heavy atom. The van der Waals surface area contributed by atoms with Crippen LogP contribution in [0.4, 0.5) is 0 Å². The number of nitrogens with zero attached hydrogens (tertiary/aromatic N) is 4. The van der Waals surface area contributed by atoms with Crippen molar-refractivity contribution in [2.75, 3.05) is 0 Å². The lowest BCUT2D eigenvalue weighted by Gasteiger charge is -2.26. The van der Waals surface area contributed by atoms with Crippen molar-refractivity contribution in [2.24, 2.45) is 0 Å². The van der Waals surface area contributed by atoms with Gasteiger partial charge in [0.05, 0.1) is 21.6 Å². The predicted octanol–water partition coefficient (Wildman–Crippen LogP) is 5.51. The molecule has 0 unspecified atom stereocenters. The summed E-state index contributed by atoms with van der Waals surface area (Å²) >= 11 is 13.6. The van der Waals surface area contributed by atoms with Crippen LogP contribution in [0.15, 0.2) is 57.3 Å². The van der Waals surface area contributed by atoms with Gasteiger partial charge < -0.3 is 0 Å². The molecule has 0 N–H and O–H groups in total. The maximum absolute atomic E-state index is 13.4. The number of hydrogen-bond donors (Lipinski definition) is 0. The Labute approximate surface area is 198 Å². The summed E-state index contributed by atoms with van der Waals surface area (Å²) in [6.45, 7) is 0. The fraction of sp³-hybridized carbons (Fsp3) is 0.304. The molecule has 3 aromatic heterocycles. The Balaban J connectivity index is 1.55. The lowest BCUT2D eigenvalue weighted by Crippen LogP contribution is -2.29. The number of halogens is 2. The van der Waals surface area contributed by atoms with E-state index in [1.54, 1.807) is 36.5 Å². The minimum atomic E-state index is -0.198. The standard InChI is InChI=1S/C23H20Cl2N4O2S/c24-14-6-8-18-19(10-14)27-23(29(22(18)31)17-4-2-1-3-5-17)32-13-16-11-21(30)28-12-15(25)7-9-20(28)26-16/h6-12,17H,1-5,13H2. The second-order valence-corrected chi connectivity index (χ2v) is 9.79. The zero-order valence-electron chi connectivity index (χ0n) is 17.1. The monoisotopic (exact) mass is 486 g/mol. The molecule has 1 saturated carbocycles. The van der Waals surface area contributed by atoms with Crippen LogP contribution in [0.1, 0.15) is 43.8 Å². The molecule has 3 heterocycles. The molecule has 0 bridgehead atoms. The van der Waals surface area contributed by atoms with E-state index in [0.29, 0.717) is 43.2 Å². The van der Waals surface area contributed by atoms with Crippen molar-refractivity contribution in [3.8, 4) is 0 Å². The highest BCUT2D eigenvalue weighted by Crippen LogP contribution is 2.32. The van der Waals surface area contributed by atoms with E-state index >= 15 is 0 Å². The first-order valence-corrected chi connectivity index (χ1v) is 12.3. The average molecular weight is 487 g/mol. The summed E-state index contributed by atoms with van der Waals surface area (Å²) in [7, 11) is 0. The van der Waals surface area contributed by atoms with Crippen LogP contribution in [0.25, 0.3) is 16.6 Å². The second kappa shape index (κ2) is 8.89. The number of thioether (sulfide) groups is 1. The third-order valence-corrected chi connectivity index (χ3v) is 7.24. The van der Waals surface area contributed by atoms with E-state index in [1.165, 1.54) is 28.6 Å². The van der Waals surface area contributed by atoms with E-state index in [4.69, 9.17) is 28.2 Å². The summed E-state index contributed by atoms with van der Waals surface area (Å²) in [6, 6.07) is 10.2. The first kappa shape index (κ1) is 21.5. The number of rotatable bonds is 4. The minimum Gasteiger partial charge on any atom is -0.284 e. The van der Waals surface area contributed by atoms with E-state index in [0.717, 1.165) is 25.7 Å². The summed E-state index contributed by atoms with van der Waals surface area (Å²) < 4.78 is 3.26. The lowest BCUT2D eigenvalue weighted by molar-refractivity contribution is 0.326. The molecule has 4 aromatic rings. The van der Waals surface area contributed by atoms with Crippen LogP contribution >= 0.6 is 35.0 Å². The Hall–Kier alpha value is -2.35. The third-order valence-electron chi connectivity index (χ3n) is 5.80. The van der Waals surface area contributed by atoms with Gasteiger partial charge in [0, 0.05) is 29.1 Å². The average Bonchev–Trinajstić information content (AvgIpc) is 2.78. The van der Waals surface area contributed by atoms with Gasteiger partial charge in [-0.2, -0.15) is 0 Å². The minimum absolute atomic E-state index is 0.0396. The van der Waals surface area contributed by atoms with Crippen LogP contribution in [0, 0.1) is 0 Å². The van der Waals surface area contributed by atoms with E-state index in [9.17, 15) is 9.59 Å². The maximum atomic E-state index is 13.4. The molecule has 0 saturated heterocycles. The van der Waals surface area contributed by atoms with E-state index < -0.39 is 0 Å². The molecular formula is C23H20Cl2N4O2S. The first-order valence-electron chi connectivity index (χ1n) is 10.5. The molecule has 0 aliphatic heterocycles. The summed E-state index contributed by atoms with van der Waals surface area (Å²) in [5, 5.41) is 2.22.